The molecule has 18 heavy (non-hydrogen) atoms. The van der Waals surface area contributed by atoms with Gasteiger partial charge in [0.15, 0.2) is 0 Å². The standard InChI is InChI=1S/C15H22O3/c1-11(16)12-7-5-6-9-14(12)18-15-10-4-2-3-8-13(15)17/h5-7,9,11,13,15-17H,2-4,8,10H2,1H3/t11-,13?,15?/m1/s1. The van der Waals surface area contributed by atoms with E-state index in [1.807, 2.05) is 24.3 Å². The quantitative estimate of drug-likeness (QED) is 0.811. The van der Waals surface area contributed by atoms with Crippen molar-refractivity contribution in [2.75, 3.05) is 0 Å². The third-order valence-electron chi connectivity index (χ3n) is 3.57. The molecule has 1 fully saturated rings. The highest BCUT2D eigenvalue weighted by Gasteiger charge is 2.24. The Bertz CT molecular complexity index is 376. The molecule has 1 aliphatic carbocycles. The third kappa shape index (κ3) is 3.24. The molecule has 0 heterocycles. The lowest BCUT2D eigenvalue weighted by molar-refractivity contribution is 0.0299. The van der Waals surface area contributed by atoms with Gasteiger partial charge in [-0.3, -0.25) is 0 Å². The van der Waals surface area contributed by atoms with Gasteiger partial charge in [-0.25, -0.2) is 0 Å². The number of benzene rings is 1. The van der Waals surface area contributed by atoms with Gasteiger partial charge in [0, 0.05) is 5.56 Å². The van der Waals surface area contributed by atoms with Gasteiger partial charge in [0.25, 0.3) is 0 Å². The van der Waals surface area contributed by atoms with Crippen LogP contribution in [0.5, 0.6) is 5.75 Å². The van der Waals surface area contributed by atoms with Crippen molar-refractivity contribution >= 4 is 0 Å². The van der Waals surface area contributed by atoms with Crippen molar-refractivity contribution in [1.29, 1.82) is 0 Å². The lowest BCUT2D eigenvalue weighted by atomic mass is 10.1. The van der Waals surface area contributed by atoms with Crippen LogP contribution >= 0.6 is 0 Å². The first-order chi connectivity index (χ1) is 8.68. The van der Waals surface area contributed by atoms with Gasteiger partial charge in [0.1, 0.15) is 11.9 Å². The van der Waals surface area contributed by atoms with E-state index < -0.39 is 12.2 Å². The van der Waals surface area contributed by atoms with E-state index in [-0.39, 0.29) is 6.10 Å². The summed E-state index contributed by atoms with van der Waals surface area (Å²) in [5.74, 6) is 0.693. The molecule has 0 radical (unpaired) electrons. The minimum Gasteiger partial charge on any atom is -0.487 e. The van der Waals surface area contributed by atoms with E-state index in [0.29, 0.717) is 5.75 Å². The first-order valence-electron chi connectivity index (χ1n) is 6.80. The molecule has 0 spiro atoms. The molecule has 3 atom stereocenters. The van der Waals surface area contributed by atoms with E-state index in [1.54, 1.807) is 6.92 Å². The van der Waals surface area contributed by atoms with Crippen LogP contribution in [0.4, 0.5) is 0 Å². The maximum absolute atomic E-state index is 10.1. The Morgan fingerprint density at radius 1 is 1.17 bits per heavy atom. The molecule has 3 nitrogen and oxygen atoms in total. The summed E-state index contributed by atoms with van der Waals surface area (Å²) in [6.45, 7) is 1.73. The van der Waals surface area contributed by atoms with E-state index >= 15 is 0 Å². The van der Waals surface area contributed by atoms with Crippen LogP contribution < -0.4 is 4.74 Å². The highest BCUT2D eigenvalue weighted by molar-refractivity contribution is 5.35. The fourth-order valence-corrected chi connectivity index (χ4v) is 2.49. The van der Waals surface area contributed by atoms with E-state index in [9.17, 15) is 10.2 Å². The van der Waals surface area contributed by atoms with Crippen molar-refractivity contribution in [2.45, 2.75) is 57.3 Å². The van der Waals surface area contributed by atoms with Gasteiger partial charge in [-0.15, -0.1) is 0 Å². The molecular formula is C15H22O3. The molecule has 0 bridgehead atoms. The molecule has 100 valence electrons. The normalized spacial score (nSPS) is 26.4. The SMILES string of the molecule is C[C@@H](O)c1ccccc1OC1CCCCCC1O. The zero-order valence-corrected chi connectivity index (χ0v) is 10.9. The van der Waals surface area contributed by atoms with Crippen LogP contribution in [0.25, 0.3) is 0 Å². The smallest absolute Gasteiger partial charge is 0.125 e. The van der Waals surface area contributed by atoms with Crippen molar-refractivity contribution < 1.29 is 14.9 Å². The number of hydrogen-bond donors (Lipinski definition) is 2. The fourth-order valence-electron chi connectivity index (χ4n) is 2.49. The molecule has 1 aromatic rings. The van der Waals surface area contributed by atoms with Crippen LogP contribution in [0.2, 0.25) is 0 Å². The van der Waals surface area contributed by atoms with Crippen LogP contribution in [0, 0.1) is 0 Å². The van der Waals surface area contributed by atoms with Crippen molar-refractivity contribution in [3.8, 4) is 5.75 Å². The summed E-state index contributed by atoms with van der Waals surface area (Å²) in [6.07, 6.45) is 3.93. The largest absolute Gasteiger partial charge is 0.487 e. The molecule has 0 saturated heterocycles. The topological polar surface area (TPSA) is 49.7 Å². The van der Waals surface area contributed by atoms with Gasteiger partial charge >= 0.3 is 0 Å². The highest BCUT2D eigenvalue weighted by atomic mass is 16.5. The lowest BCUT2D eigenvalue weighted by Gasteiger charge is -2.24. The van der Waals surface area contributed by atoms with E-state index in [2.05, 4.69) is 0 Å². The van der Waals surface area contributed by atoms with Crippen molar-refractivity contribution in [3.05, 3.63) is 29.8 Å². The number of aliphatic hydroxyl groups excluding tert-OH is 2. The molecule has 1 aliphatic rings. The Morgan fingerprint density at radius 3 is 2.67 bits per heavy atom. The van der Waals surface area contributed by atoms with Crippen LogP contribution in [-0.4, -0.2) is 22.4 Å². The average molecular weight is 250 g/mol. The maximum atomic E-state index is 10.1. The zero-order chi connectivity index (χ0) is 13.0. The number of para-hydroxylation sites is 1. The van der Waals surface area contributed by atoms with Gasteiger partial charge in [-0.05, 0) is 32.3 Å². The molecule has 0 amide bonds. The molecule has 0 aliphatic heterocycles. The van der Waals surface area contributed by atoms with E-state index in [4.69, 9.17) is 4.74 Å². The summed E-state index contributed by atoms with van der Waals surface area (Å²) >= 11 is 0. The van der Waals surface area contributed by atoms with Gasteiger partial charge in [-0.2, -0.15) is 0 Å². The van der Waals surface area contributed by atoms with Crippen LogP contribution in [0.15, 0.2) is 24.3 Å². The van der Waals surface area contributed by atoms with E-state index in [0.717, 1.165) is 37.7 Å². The van der Waals surface area contributed by atoms with Crippen molar-refractivity contribution in [1.82, 2.24) is 0 Å². The average Bonchev–Trinajstić information content (AvgIpc) is 2.55. The Kier molecular flexibility index (Phi) is 4.61. The van der Waals surface area contributed by atoms with Gasteiger partial charge in [0.2, 0.25) is 0 Å². The maximum Gasteiger partial charge on any atom is 0.125 e. The van der Waals surface area contributed by atoms with Crippen LogP contribution in [0.3, 0.4) is 0 Å². The number of aliphatic hydroxyl groups is 2. The fraction of sp³-hybridized carbons (Fsp3) is 0.600. The predicted molar refractivity (Wildman–Crippen MR) is 70.6 cm³/mol. The minimum atomic E-state index is -0.552. The molecule has 1 saturated carbocycles. The summed E-state index contributed by atoms with van der Waals surface area (Å²) in [4.78, 5) is 0. The van der Waals surface area contributed by atoms with Gasteiger partial charge in [-0.1, -0.05) is 31.0 Å². The summed E-state index contributed by atoms with van der Waals surface area (Å²) in [7, 11) is 0. The summed E-state index contributed by atoms with van der Waals surface area (Å²) < 4.78 is 5.93. The molecule has 2 rings (SSSR count). The zero-order valence-electron chi connectivity index (χ0n) is 10.9. The second kappa shape index (κ2) is 6.21. The summed E-state index contributed by atoms with van der Waals surface area (Å²) in [5, 5.41) is 19.8. The summed E-state index contributed by atoms with van der Waals surface area (Å²) in [5.41, 5.74) is 0.786. The monoisotopic (exact) mass is 250 g/mol. The predicted octanol–water partition coefficient (Wildman–Crippen LogP) is 2.81. The molecule has 2 N–H and O–H groups in total. The van der Waals surface area contributed by atoms with Gasteiger partial charge < -0.3 is 14.9 Å². The third-order valence-corrected chi connectivity index (χ3v) is 3.57. The molecule has 3 heteroatoms. The lowest BCUT2D eigenvalue weighted by Crippen LogP contribution is -2.30. The minimum absolute atomic E-state index is 0.146. The van der Waals surface area contributed by atoms with Crippen LogP contribution in [0.1, 0.15) is 50.7 Å². The van der Waals surface area contributed by atoms with Crippen LogP contribution in [-0.2, 0) is 0 Å². The second-order valence-electron chi connectivity index (χ2n) is 5.08. The Hall–Kier alpha value is -1.06. The molecule has 2 unspecified atom stereocenters. The van der Waals surface area contributed by atoms with Crippen molar-refractivity contribution in [3.63, 3.8) is 0 Å². The molecule has 1 aromatic carbocycles. The Labute approximate surface area is 108 Å². The molecular weight excluding hydrogens is 228 g/mol. The first kappa shape index (κ1) is 13.4. The van der Waals surface area contributed by atoms with Gasteiger partial charge in [0.05, 0.1) is 12.2 Å². The number of ether oxygens (including phenoxy) is 1. The number of hydrogen-bond acceptors (Lipinski definition) is 3. The second-order valence-corrected chi connectivity index (χ2v) is 5.08. The number of rotatable bonds is 3. The highest BCUT2D eigenvalue weighted by Crippen LogP contribution is 2.29. The Morgan fingerprint density at radius 2 is 1.89 bits per heavy atom. The Balaban J connectivity index is 2.12. The first-order valence-corrected chi connectivity index (χ1v) is 6.80. The van der Waals surface area contributed by atoms with Crippen molar-refractivity contribution in [2.24, 2.45) is 0 Å². The summed E-state index contributed by atoms with van der Waals surface area (Å²) in [6, 6.07) is 7.51. The molecule has 0 aromatic heterocycles. The van der Waals surface area contributed by atoms with E-state index in [1.165, 1.54) is 0 Å².